The fraction of sp³-hybridized carbons (Fsp3) is 0.333. The molecule has 1 aromatic rings. The van der Waals surface area contributed by atoms with Crippen LogP contribution in [0.25, 0.3) is 0 Å². The number of nitro groups is 1. The summed E-state index contributed by atoms with van der Waals surface area (Å²) < 4.78 is 35.7. The van der Waals surface area contributed by atoms with Crippen molar-refractivity contribution in [3.8, 4) is 0 Å². The van der Waals surface area contributed by atoms with Gasteiger partial charge in [0.25, 0.3) is 0 Å². The van der Waals surface area contributed by atoms with Crippen LogP contribution in [0.3, 0.4) is 0 Å². The van der Waals surface area contributed by atoms with Crippen molar-refractivity contribution in [1.29, 1.82) is 0 Å². The molecule has 1 heterocycles. The zero-order valence-corrected chi connectivity index (χ0v) is 9.96. The van der Waals surface area contributed by atoms with Gasteiger partial charge in [-0.2, -0.15) is 13.2 Å². The van der Waals surface area contributed by atoms with E-state index in [0.717, 1.165) is 12.1 Å². The van der Waals surface area contributed by atoms with E-state index in [1.807, 2.05) is 5.32 Å². The molecule has 0 aromatic carbocycles. The lowest BCUT2D eigenvalue weighted by atomic mass is 10.3. The lowest BCUT2D eigenvalue weighted by Gasteiger charge is -2.07. The van der Waals surface area contributed by atoms with E-state index in [1.165, 1.54) is 0 Å². The normalized spacial score (nSPS) is 11.2. The van der Waals surface area contributed by atoms with Gasteiger partial charge in [0.05, 0.1) is 11.3 Å². The Bertz CT molecular complexity index is 507. The SMILES string of the molecule is O=C(CCC(F)(F)F)Nc1nc(Cl)ccc1[N+](=O)[O-]. The number of aromatic nitrogens is 1. The molecule has 6 nitrogen and oxygen atoms in total. The van der Waals surface area contributed by atoms with Gasteiger partial charge >= 0.3 is 11.9 Å². The van der Waals surface area contributed by atoms with Crippen LogP contribution in [0.15, 0.2) is 12.1 Å². The Morgan fingerprint density at radius 2 is 2.11 bits per heavy atom. The minimum atomic E-state index is -4.48. The number of rotatable bonds is 4. The number of hydrogen-bond acceptors (Lipinski definition) is 4. The molecule has 0 aliphatic heterocycles. The average Bonchev–Trinajstić information content (AvgIpc) is 2.25. The van der Waals surface area contributed by atoms with E-state index in [0.29, 0.717) is 0 Å². The highest BCUT2D eigenvalue weighted by Gasteiger charge is 2.28. The molecule has 0 saturated carbocycles. The first-order chi connectivity index (χ1) is 8.69. The fourth-order valence-corrected chi connectivity index (χ4v) is 1.26. The summed E-state index contributed by atoms with van der Waals surface area (Å²) in [5.74, 6) is -1.51. The molecule has 1 N–H and O–H groups in total. The van der Waals surface area contributed by atoms with Gasteiger partial charge in [-0.25, -0.2) is 4.98 Å². The molecule has 1 aromatic heterocycles. The van der Waals surface area contributed by atoms with Crippen molar-refractivity contribution in [2.45, 2.75) is 19.0 Å². The van der Waals surface area contributed by atoms with Crippen molar-refractivity contribution in [3.05, 3.63) is 27.4 Å². The van der Waals surface area contributed by atoms with Gasteiger partial charge in [0, 0.05) is 12.5 Å². The molecule has 0 bridgehead atoms. The third-order valence-corrected chi connectivity index (χ3v) is 2.14. The summed E-state index contributed by atoms with van der Waals surface area (Å²) in [6.07, 6.45) is -6.66. The molecule has 0 spiro atoms. The van der Waals surface area contributed by atoms with Gasteiger partial charge in [-0.3, -0.25) is 14.9 Å². The summed E-state index contributed by atoms with van der Waals surface area (Å²) in [6, 6.07) is 2.12. The lowest BCUT2D eigenvalue weighted by molar-refractivity contribution is -0.384. The molecular formula is C9H7ClF3N3O3. The Labute approximate surface area is 109 Å². The smallest absolute Gasteiger partial charge is 0.305 e. The molecule has 104 valence electrons. The quantitative estimate of drug-likeness (QED) is 0.526. The molecule has 0 saturated heterocycles. The van der Waals surface area contributed by atoms with Gasteiger partial charge in [0.2, 0.25) is 11.7 Å². The molecular weight excluding hydrogens is 291 g/mol. The number of carbonyl (C=O) groups is 1. The van der Waals surface area contributed by atoms with Crippen molar-refractivity contribution < 1.29 is 22.9 Å². The van der Waals surface area contributed by atoms with Crippen LogP contribution in [-0.2, 0) is 4.79 Å². The van der Waals surface area contributed by atoms with Gasteiger partial charge in [0.15, 0.2) is 0 Å². The first kappa shape index (κ1) is 15.2. The Morgan fingerprint density at radius 1 is 1.47 bits per heavy atom. The van der Waals surface area contributed by atoms with Crippen LogP contribution in [0.5, 0.6) is 0 Å². The molecule has 0 radical (unpaired) electrons. The van der Waals surface area contributed by atoms with Gasteiger partial charge in [0.1, 0.15) is 5.15 Å². The molecule has 10 heteroatoms. The number of hydrogen-bond donors (Lipinski definition) is 1. The Morgan fingerprint density at radius 3 is 2.63 bits per heavy atom. The van der Waals surface area contributed by atoms with E-state index < -0.39 is 41.4 Å². The van der Waals surface area contributed by atoms with Gasteiger partial charge in [-0.05, 0) is 6.07 Å². The molecule has 0 aliphatic rings. The zero-order valence-electron chi connectivity index (χ0n) is 9.20. The second-order valence-electron chi connectivity index (χ2n) is 3.42. The summed E-state index contributed by atoms with van der Waals surface area (Å²) in [5, 5.41) is 12.4. The highest BCUT2D eigenvalue weighted by molar-refractivity contribution is 6.29. The maximum Gasteiger partial charge on any atom is 0.389 e. The van der Waals surface area contributed by atoms with Gasteiger partial charge in [-0.1, -0.05) is 11.6 Å². The van der Waals surface area contributed by atoms with E-state index in [4.69, 9.17) is 11.6 Å². The molecule has 0 atom stereocenters. The summed E-state index contributed by atoms with van der Waals surface area (Å²) in [6.45, 7) is 0. The van der Waals surface area contributed by atoms with Gasteiger partial charge in [-0.15, -0.1) is 0 Å². The Hall–Kier alpha value is -1.90. The standard InChI is InChI=1S/C9H7ClF3N3O3/c10-6-2-1-5(16(18)19)8(14-6)15-7(17)3-4-9(11,12)13/h1-2H,3-4H2,(H,14,15,17). The highest BCUT2D eigenvalue weighted by atomic mass is 35.5. The maximum atomic E-state index is 11.9. The van der Waals surface area contributed by atoms with Crippen molar-refractivity contribution in [2.75, 3.05) is 5.32 Å². The van der Waals surface area contributed by atoms with E-state index in [-0.39, 0.29) is 5.15 Å². The summed E-state index contributed by atoms with van der Waals surface area (Å²) in [4.78, 5) is 24.5. The van der Waals surface area contributed by atoms with E-state index in [1.54, 1.807) is 0 Å². The summed E-state index contributed by atoms with van der Waals surface area (Å²) in [7, 11) is 0. The number of pyridine rings is 1. The average molecular weight is 298 g/mol. The lowest BCUT2D eigenvalue weighted by Crippen LogP contribution is -2.17. The molecule has 19 heavy (non-hydrogen) atoms. The van der Waals surface area contributed by atoms with Crippen molar-refractivity contribution in [3.63, 3.8) is 0 Å². The van der Waals surface area contributed by atoms with Crippen LogP contribution < -0.4 is 5.32 Å². The van der Waals surface area contributed by atoms with Crippen LogP contribution in [-0.4, -0.2) is 22.0 Å². The largest absolute Gasteiger partial charge is 0.389 e. The van der Waals surface area contributed by atoms with E-state index in [9.17, 15) is 28.1 Å². The van der Waals surface area contributed by atoms with Gasteiger partial charge < -0.3 is 5.32 Å². The number of anilines is 1. The van der Waals surface area contributed by atoms with Crippen LogP contribution >= 0.6 is 11.6 Å². The molecule has 0 aliphatic carbocycles. The van der Waals surface area contributed by atoms with Crippen molar-refractivity contribution in [1.82, 2.24) is 4.98 Å². The van der Waals surface area contributed by atoms with E-state index >= 15 is 0 Å². The third-order valence-electron chi connectivity index (χ3n) is 1.93. The van der Waals surface area contributed by atoms with Crippen LogP contribution in [0.2, 0.25) is 5.15 Å². The first-order valence-corrected chi connectivity index (χ1v) is 5.24. The number of halogens is 4. The van der Waals surface area contributed by atoms with Crippen molar-refractivity contribution >= 4 is 29.0 Å². The number of amides is 1. The number of alkyl halides is 3. The van der Waals surface area contributed by atoms with Crippen molar-refractivity contribution in [2.24, 2.45) is 0 Å². The minimum absolute atomic E-state index is 0.128. The predicted octanol–water partition coefficient (Wildman–Crippen LogP) is 2.92. The summed E-state index contributed by atoms with van der Waals surface area (Å²) in [5.41, 5.74) is -0.551. The molecule has 1 rings (SSSR count). The zero-order chi connectivity index (χ0) is 14.6. The minimum Gasteiger partial charge on any atom is -0.305 e. The second kappa shape index (κ2) is 5.83. The number of nitrogens with one attached hydrogen (secondary N) is 1. The van der Waals surface area contributed by atoms with Crippen LogP contribution in [0.1, 0.15) is 12.8 Å². The van der Waals surface area contributed by atoms with E-state index in [2.05, 4.69) is 4.98 Å². The molecule has 1 amide bonds. The van der Waals surface area contributed by atoms with Crippen LogP contribution in [0, 0.1) is 10.1 Å². The topological polar surface area (TPSA) is 85.1 Å². The Kier molecular flexibility index (Phi) is 4.65. The van der Waals surface area contributed by atoms with Crippen LogP contribution in [0.4, 0.5) is 24.7 Å². The second-order valence-corrected chi connectivity index (χ2v) is 3.81. The predicted molar refractivity (Wildman–Crippen MR) is 59.8 cm³/mol. The third kappa shape index (κ3) is 5.08. The number of nitrogens with zero attached hydrogens (tertiary/aromatic N) is 2. The maximum absolute atomic E-state index is 11.9. The fourth-order valence-electron chi connectivity index (χ4n) is 1.12. The first-order valence-electron chi connectivity index (χ1n) is 4.86. The Balaban J connectivity index is 2.78. The molecule has 0 unspecified atom stereocenters. The highest BCUT2D eigenvalue weighted by Crippen LogP contribution is 2.25. The monoisotopic (exact) mass is 297 g/mol. The molecule has 0 fully saturated rings. The number of carbonyl (C=O) groups excluding carboxylic acids is 1. The summed E-state index contributed by atoms with van der Waals surface area (Å²) >= 11 is 5.49.